The maximum Gasteiger partial charge on any atom is 0.266 e. The van der Waals surface area contributed by atoms with Crippen molar-refractivity contribution in [3.05, 3.63) is 5.89 Å². The third-order valence-electron chi connectivity index (χ3n) is 1.83. The summed E-state index contributed by atoms with van der Waals surface area (Å²) in [6.07, 6.45) is -0.697. The van der Waals surface area contributed by atoms with Gasteiger partial charge in [-0.3, -0.25) is 0 Å². The molecule has 0 aliphatic heterocycles. The summed E-state index contributed by atoms with van der Waals surface area (Å²) in [5.74, 6) is 0.808. The lowest BCUT2D eigenvalue weighted by molar-refractivity contribution is 0.152. The largest absolute Gasteiger partial charge is 0.384 e. The number of rotatable bonds is 4. The summed E-state index contributed by atoms with van der Waals surface area (Å²) in [4.78, 5) is 6.00. The van der Waals surface area contributed by atoms with E-state index in [1.807, 2.05) is 18.7 Å². The van der Waals surface area contributed by atoms with E-state index >= 15 is 0 Å². The molecule has 0 aliphatic carbocycles. The number of aromatic nitrogens is 2. The van der Waals surface area contributed by atoms with Crippen molar-refractivity contribution in [2.24, 2.45) is 0 Å². The lowest BCUT2D eigenvalue weighted by Crippen LogP contribution is -2.23. The number of anilines is 1. The Morgan fingerprint density at radius 1 is 1.46 bits per heavy atom. The predicted molar refractivity (Wildman–Crippen MR) is 48.5 cm³/mol. The Morgan fingerprint density at radius 3 is 2.46 bits per heavy atom. The van der Waals surface area contributed by atoms with Crippen molar-refractivity contribution >= 4 is 5.95 Å². The molecule has 1 aromatic heterocycles. The Morgan fingerprint density at radius 2 is 2.08 bits per heavy atom. The van der Waals surface area contributed by atoms with Crippen molar-refractivity contribution in [3.63, 3.8) is 0 Å². The zero-order valence-corrected chi connectivity index (χ0v) is 8.19. The molecule has 0 radical (unpaired) electrons. The van der Waals surface area contributed by atoms with Crippen LogP contribution in [0.4, 0.5) is 5.95 Å². The Labute approximate surface area is 77.4 Å². The van der Waals surface area contributed by atoms with Crippen LogP contribution in [0.2, 0.25) is 0 Å². The molecule has 0 amide bonds. The van der Waals surface area contributed by atoms with Gasteiger partial charge in [0, 0.05) is 13.1 Å². The fourth-order valence-electron chi connectivity index (χ4n) is 1.03. The Kier molecular flexibility index (Phi) is 3.25. The zero-order chi connectivity index (χ0) is 9.84. The Hall–Kier alpha value is -1.10. The summed E-state index contributed by atoms with van der Waals surface area (Å²) in [6.45, 7) is 7.29. The molecule has 5 nitrogen and oxygen atoms in total. The minimum atomic E-state index is -0.697. The van der Waals surface area contributed by atoms with Gasteiger partial charge in [0.25, 0.3) is 11.8 Å². The highest BCUT2D eigenvalue weighted by Crippen LogP contribution is 2.13. The molecular weight excluding hydrogens is 170 g/mol. The van der Waals surface area contributed by atoms with Crippen LogP contribution in [0.15, 0.2) is 4.52 Å². The minimum absolute atomic E-state index is 0.266. The van der Waals surface area contributed by atoms with E-state index in [2.05, 4.69) is 10.1 Å². The first-order chi connectivity index (χ1) is 6.19. The summed E-state index contributed by atoms with van der Waals surface area (Å²) in [6, 6.07) is 0. The van der Waals surface area contributed by atoms with Gasteiger partial charge >= 0.3 is 0 Å². The molecule has 0 saturated carbocycles. The van der Waals surface area contributed by atoms with Crippen molar-refractivity contribution in [3.8, 4) is 0 Å². The second-order valence-electron chi connectivity index (χ2n) is 2.78. The maximum absolute atomic E-state index is 9.15. The smallest absolute Gasteiger partial charge is 0.266 e. The molecular formula is C8H15N3O2. The van der Waals surface area contributed by atoms with Gasteiger partial charge in [-0.05, 0) is 25.9 Å². The molecule has 74 valence electrons. The first-order valence-corrected chi connectivity index (χ1v) is 4.45. The molecule has 0 bridgehead atoms. The van der Waals surface area contributed by atoms with Crippen LogP contribution in [0.25, 0.3) is 0 Å². The maximum atomic E-state index is 9.15. The molecule has 0 aliphatic rings. The van der Waals surface area contributed by atoms with Crippen molar-refractivity contribution in [1.29, 1.82) is 0 Å². The number of hydrogen-bond acceptors (Lipinski definition) is 5. The molecule has 13 heavy (non-hydrogen) atoms. The van der Waals surface area contributed by atoms with Crippen LogP contribution < -0.4 is 4.90 Å². The monoisotopic (exact) mass is 185 g/mol. The summed E-state index contributed by atoms with van der Waals surface area (Å²) in [5.41, 5.74) is 0. The number of nitrogens with zero attached hydrogens (tertiary/aromatic N) is 3. The van der Waals surface area contributed by atoms with E-state index in [-0.39, 0.29) is 5.89 Å². The molecule has 0 saturated heterocycles. The summed E-state index contributed by atoms with van der Waals surface area (Å²) in [7, 11) is 0. The van der Waals surface area contributed by atoms with Gasteiger partial charge in [0.15, 0.2) is 0 Å². The van der Waals surface area contributed by atoms with Gasteiger partial charge in [-0.2, -0.15) is 4.98 Å². The fraction of sp³-hybridized carbons (Fsp3) is 0.750. The van der Waals surface area contributed by atoms with E-state index in [0.29, 0.717) is 5.95 Å². The molecule has 5 heteroatoms. The standard InChI is InChI=1S/C8H15N3O2/c1-4-11(5-2)8-9-7(6(3)12)13-10-8/h6,12H,4-5H2,1-3H3/t6-/m0/s1. The molecule has 0 aromatic carbocycles. The van der Waals surface area contributed by atoms with Gasteiger partial charge in [0.05, 0.1) is 0 Å². The highest BCUT2D eigenvalue weighted by Gasteiger charge is 2.13. The van der Waals surface area contributed by atoms with Gasteiger partial charge in [-0.1, -0.05) is 0 Å². The molecule has 0 fully saturated rings. The fourth-order valence-corrected chi connectivity index (χ4v) is 1.03. The molecule has 1 N–H and O–H groups in total. The van der Waals surface area contributed by atoms with Crippen LogP contribution in [-0.4, -0.2) is 28.3 Å². The number of aliphatic hydroxyl groups excluding tert-OH is 1. The molecule has 1 atom stereocenters. The van der Waals surface area contributed by atoms with Crippen LogP contribution in [0.3, 0.4) is 0 Å². The van der Waals surface area contributed by atoms with Crippen molar-refractivity contribution in [1.82, 2.24) is 10.1 Å². The van der Waals surface area contributed by atoms with Crippen LogP contribution >= 0.6 is 0 Å². The molecule has 1 aromatic rings. The number of aliphatic hydroxyl groups is 1. The van der Waals surface area contributed by atoms with E-state index in [4.69, 9.17) is 9.63 Å². The normalized spacial score (nSPS) is 12.9. The van der Waals surface area contributed by atoms with E-state index < -0.39 is 6.10 Å². The Bertz CT molecular complexity index is 256. The summed E-state index contributed by atoms with van der Waals surface area (Å²) < 4.78 is 4.86. The average Bonchev–Trinajstić information content (AvgIpc) is 2.56. The predicted octanol–water partition coefficient (Wildman–Crippen LogP) is 0.969. The number of hydrogen-bond donors (Lipinski definition) is 1. The average molecular weight is 185 g/mol. The summed E-state index contributed by atoms with van der Waals surface area (Å²) in [5, 5.41) is 12.9. The second-order valence-corrected chi connectivity index (χ2v) is 2.78. The first-order valence-electron chi connectivity index (χ1n) is 4.45. The van der Waals surface area contributed by atoms with Crippen molar-refractivity contribution in [2.45, 2.75) is 26.9 Å². The molecule has 1 rings (SSSR count). The van der Waals surface area contributed by atoms with Gasteiger partial charge in [-0.25, -0.2) is 0 Å². The second kappa shape index (κ2) is 4.23. The third kappa shape index (κ3) is 2.18. The van der Waals surface area contributed by atoms with Crippen molar-refractivity contribution in [2.75, 3.05) is 18.0 Å². The van der Waals surface area contributed by atoms with E-state index in [0.717, 1.165) is 13.1 Å². The van der Waals surface area contributed by atoms with Gasteiger partial charge in [0.1, 0.15) is 6.10 Å². The minimum Gasteiger partial charge on any atom is -0.384 e. The van der Waals surface area contributed by atoms with Gasteiger partial charge < -0.3 is 14.5 Å². The van der Waals surface area contributed by atoms with E-state index in [1.165, 1.54) is 0 Å². The van der Waals surface area contributed by atoms with Crippen LogP contribution in [0, 0.1) is 0 Å². The van der Waals surface area contributed by atoms with Crippen LogP contribution in [0.5, 0.6) is 0 Å². The first kappa shape index (κ1) is 9.98. The van der Waals surface area contributed by atoms with Crippen LogP contribution in [-0.2, 0) is 0 Å². The summed E-state index contributed by atoms with van der Waals surface area (Å²) >= 11 is 0. The van der Waals surface area contributed by atoms with E-state index in [9.17, 15) is 0 Å². The lowest BCUT2D eigenvalue weighted by Gasteiger charge is -2.14. The van der Waals surface area contributed by atoms with Crippen LogP contribution in [0.1, 0.15) is 32.8 Å². The zero-order valence-electron chi connectivity index (χ0n) is 8.19. The molecule has 1 heterocycles. The van der Waals surface area contributed by atoms with E-state index in [1.54, 1.807) is 6.92 Å². The lowest BCUT2D eigenvalue weighted by atomic mass is 10.4. The highest BCUT2D eigenvalue weighted by atomic mass is 16.5. The quantitative estimate of drug-likeness (QED) is 0.757. The van der Waals surface area contributed by atoms with Gasteiger partial charge in [-0.15, -0.1) is 0 Å². The third-order valence-corrected chi connectivity index (χ3v) is 1.83. The highest BCUT2D eigenvalue weighted by molar-refractivity contribution is 5.26. The SMILES string of the molecule is CCN(CC)c1noc([C@H](C)O)n1. The molecule has 0 unspecified atom stereocenters. The Balaban J connectivity index is 2.78. The van der Waals surface area contributed by atoms with Crippen molar-refractivity contribution < 1.29 is 9.63 Å². The molecule has 0 spiro atoms. The topological polar surface area (TPSA) is 62.4 Å². The van der Waals surface area contributed by atoms with Gasteiger partial charge in [0.2, 0.25) is 0 Å².